The Bertz CT molecular complexity index is 3980. The number of halogens is 4. The summed E-state index contributed by atoms with van der Waals surface area (Å²) in [4.78, 5) is 0. The molecule has 4 aromatic heterocycles. The summed E-state index contributed by atoms with van der Waals surface area (Å²) in [5.41, 5.74) is 20.1. The molecule has 0 saturated heterocycles. The lowest BCUT2D eigenvalue weighted by atomic mass is 9.74. The van der Waals surface area contributed by atoms with E-state index < -0.39 is 14.2 Å². The molecule has 6 nitrogen and oxygen atoms in total. The molecule has 12 aromatic rings. The van der Waals surface area contributed by atoms with Gasteiger partial charge in [0.2, 0.25) is 0 Å². The third-order valence-corrected chi connectivity index (χ3v) is 21.5. The van der Waals surface area contributed by atoms with Crippen molar-refractivity contribution in [2.45, 2.75) is 334 Å². The van der Waals surface area contributed by atoms with Crippen molar-refractivity contribution in [3.8, 4) is 56.0 Å². The molecule has 0 aliphatic heterocycles. The van der Waals surface area contributed by atoms with Crippen LogP contribution in [0.4, 0.5) is 0 Å². The Morgan fingerprint density at radius 2 is 0.492 bits per heavy atom. The molecule has 0 saturated carbocycles. The predicted octanol–water partition coefficient (Wildman–Crippen LogP) is 41.5. The summed E-state index contributed by atoms with van der Waals surface area (Å²) < 4.78 is 16.8. The van der Waals surface area contributed by atoms with Crippen molar-refractivity contribution in [3.05, 3.63) is 300 Å². The van der Waals surface area contributed by atoms with Gasteiger partial charge in [-0.2, -0.15) is 45.3 Å². The van der Waals surface area contributed by atoms with E-state index in [2.05, 4.69) is 281 Å². The largest absolute Gasteiger partial charge is 0.492 e. The van der Waals surface area contributed by atoms with Crippen LogP contribution in [0.5, 0.6) is 11.5 Å². The van der Waals surface area contributed by atoms with Crippen LogP contribution in [0.1, 0.15) is 323 Å². The van der Waals surface area contributed by atoms with Crippen LogP contribution in [-0.2, 0) is 13.2 Å². The Balaban J connectivity index is -0.0000000804. The van der Waals surface area contributed by atoms with Gasteiger partial charge in [0.05, 0.1) is 0 Å². The average Bonchev–Trinajstić information content (AvgIpc) is 1.09. The molecule has 16 heteroatoms. The van der Waals surface area contributed by atoms with Crippen molar-refractivity contribution >= 4 is 134 Å². The number of hydrogen-bond acceptors (Lipinski definition) is 10. The molecule has 8 aromatic carbocycles. The summed E-state index contributed by atoms with van der Waals surface area (Å²) in [5, 5.41) is 53.4. The monoisotopic (exact) mass is 2100 g/mol. The fraction of sp³-hybridized carbons (Fsp3) is 0.429. The normalized spacial score (nSPS) is 8.08. The zero-order valence-corrected chi connectivity index (χ0v) is 89.9. The second-order valence-electron chi connectivity index (χ2n) is 22.8. The topological polar surface area (TPSA) is 99.4 Å². The second-order valence-corrected chi connectivity index (χ2v) is 29.2. The Morgan fingerprint density at radius 1 is 0.266 bits per heavy atom. The molecule has 0 radical (unpaired) electrons. The maximum absolute atomic E-state index is 9.57. The molecule has 128 heavy (non-hydrogen) atoms. The van der Waals surface area contributed by atoms with Crippen LogP contribution >= 0.6 is 109 Å². The van der Waals surface area contributed by atoms with Gasteiger partial charge in [0.25, 0.3) is 0 Å². The third-order valence-electron chi connectivity index (χ3n) is 14.1. The van der Waals surface area contributed by atoms with E-state index in [9.17, 15) is 10.0 Å². The zero-order chi connectivity index (χ0) is 93.8. The maximum atomic E-state index is 9.57. The van der Waals surface area contributed by atoms with Gasteiger partial charge in [-0.25, -0.2) is 0 Å². The standard InChI is InChI=1S/C26H24OS.C16H19BO3.2C10H7BrS.C6H7BO2.C4H2Br2S.4C3H8.10C2H6.8CH4/c1-18-14-25(27-15-21-10-6-4-7-11-21)26(20(3)19(18)2)24-17-28-16-23(24)22-12-8-5-9-13-22;1-11-9-15(16(17(18)19)13(3)12(11)2)20-10-14-7-5-4-6-8-14;2*11-10-7-12-6-9(10)8-4-2-1-3-5-8;8-7(9)6-4-2-1-3-5-6;5-3-1-7-2-4(3)6;4*1-3-2;10*1-2;;;;;;;;/h4-14,16-17H,15H2,1-3H3;4-9,18-19H,10H2,1-3H3;2*1-7H;1-5,8-9H;1-2H;4*3H2,1-2H3;10*1-2H3;8*1H4. The van der Waals surface area contributed by atoms with Crippen molar-refractivity contribution in [2.24, 2.45) is 0 Å². The highest BCUT2D eigenvalue weighted by atomic mass is 79.9. The van der Waals surface area contributed by atoms with E-state index in [0.717, 1.165) is 36.9 Å². The number of ether oxygens (including phenoxy) is 2. The first-order valence-corrected chi connectivity index (χ1v) is 50.5. The minimum atomic E-state index is -1.53. The molecule has 732 valence electrons. The van der Waals surface area contributed by atoms with Gasteiger partial charge in [-0.05, 0) is 206 Å². The molecule has 4 heterocycles. The van der Waals surface area contributed by atoms with Gasteiger partial charge in [-0.15, -0.1) is 0 Å². The Morgan fingerprint density at radius 3 is 0.750 bits per heavy atom. The molecule has 0 spiro atoms. The van der Waals surface area contributed by atoms with Crippen molar-refractivity contribution in [1.29, 1.82) is 0 Å². The number of thiophene rings is 4. The van der Waals surface area contributed by atoms with Gasteiger partial charge in [0.15, 0.2) is 0 Å². The number of rotatable bonds is 12. The summed E-state index contributed by atoms with van der Waals surface area (Å²) in [6.07, 6.45) is 5.00. The number of aryl methyl sites for hydroxylation is 2. The first-order chi connectivity index (χ1) is 58.2. The van der Waals surface area contributed by atoms with Crippen molar-refractivity contribution in [1.82, 2.24) is 0 Å². The van der Waals surface area contributed by atoms with Crippen LogP contribution in [0.2, 0.25) is 0 Å². The highest BCUT2D eigenvalue weighted by Crippen LogP contribution is 2.44. The summed E-state index contributed by atoms with van der Waals surface area (Å²) in [5.74, 6) is 1.49. The lowest BCUT2D eigenvalue weighted by Gasteiger charge is -2.19. The molecular formula is C112H190B2Br4O6S4. The molecule has 0 unspecified atom stereocenters. The lowest BCUT2D eigenvalue weighted by Crippen LogP contribution is -2.34. The van der Waals surface area contributed by atoms with E-state index in [1.54, 1.807) is 69.6 Å². The van der Waals surface area contributed by atoms with Gasteiger partial charge < -0.3 is 29.6 Å². The molecule has 0 bridgehead atoms. The van der Waals surface area contributed by atoms with Crippen LogP contribution in [0.15, 0.2) is 255 Å². The highest BCUT2D eigenvalue weighted by Gasteiger charge is 2.23. The van der Waals surface area contributed by atoms with E-state index in [1.807, 2.05) is 231 Å². The number of hydrogen-bond donors (Lipinski definition) is 4. The van der Waals surface area contributed by atoms with Crippen molar-refractivity contribution < 1.29 is 29.6 Å². The van der Waals surface area contributed by atoms with Gasteiger partial charge in [-0.1, -0.05) is 461 Å². The smallest absolute Gasteiger partial charge is 0.489 e. The van der Waals surface area contributed by atoms with Crippen LogP contribution in [-0.4, -0.2) is 34.3 Å². The third kappa shape index (κ3) is 69.9. The Hall–Kier alpha value is -5.95. The molecule has 0 amide bonds. The first-order valence-electron chi connectivity index (χ1n) is 43.5. The van der Waals surface area contributed by atoms with E-state index in [4.69, 9.17) is 19.5 Å². The summed E-state index contributed by atoms with van der Waals surface area (Å²) in [6, 6.07) is 64.2. The van der Waals surface area contributed by atoms with E-state index in [-0.39, 0.29) is 59.4 Å². The van der Waals surface area contributed by atoms with Crippen LogP contribution in [0.3, 0.4) is 0 Å². The molecular weight excluding hydrogens is 1910 g/mol. The Labute approximate surface area is 845 Å². The predicted molar refractivity (Wildman–Crippen MR) is 624 cm³/mol. The quantitative estimate of drug-likeness (QED) is 0.0910. The van der Waals surface area contributed by atoms with E-state index in [0.29, 0.717) is 29.9 Å². The maximum Gasteiger partial charge on any atom is 0.492 e. The Kier molecular flexibility index (Phi) is 141. The molecule has 0 fully saturated rings. The first kappa shape index (κ1) is 159. The summed E-state index contributed by atoms with van der Waals surface area (Å²) >= 11 is 20.5. The molecule has 0 atom stereocenters. The minimum Gasteiger partial charge on any atom is -0.489 e. The van der Waals surface area contributed by atoms with Gasteiger partial charge in [-0.3, -0.25) is 0 Å². The summed E-state index contributed by atoms with van der Waals surface area (Å²) in [7, 11) is -2.87. The van der Waals surface area contributed by atoms with Crippen LogP contribution in [0.25, 0.3) is 44.5 Å². The molecule has 0 aliphatic rings. The lowest BCUT2D eigenvalue weighted by molar-refractivity contribution is 0.306. The van der Waals surface area contributed by atoms with Crippen LogP contribution in [0, 0.1) is 41.5 Å². The molecule has 4 N–H and O–H groups in total. The average molecular weight is 2100 g/mol. The van der Waals surface area contributed by atoms with Gasteiger partial charge in [0.1, 0.15) is 24.7 Å². The summed E-state index contributed by atoms with van der Waals surface area (Å²) in [6.45, 7) is 70.4. The van der Waals surface area contributed by atoms with Crippen molar-refractivity contribution in [2.75, 3.05) is 0 Å². The molecule has 0 aliphatic carbocycles. The van der Waals surface area contributed by atoms with Crippen LogP contribution < -0.4 is 20.4 Å². The number of benzene rings is 8. The van der Waals surface area contributed by atoms with Gasteiger partial charge >= 0.3 is 14.2 Å². The van der Waals surface area contributed by atoms with Crippen molar-refractivity contribution in [3.63, 3.8) is 0 Å². The fourth-order valence-electron chi connectivity index (χ4n) is 8.90. The zero-order valence-electron chi connectivity index (χ0n) is 80.2. The fourth-order valence-corrected chi connectivity index (χ4v) is 14.6. The van der Waals surface area contributed by atoms with Gasteiger partial charge in [0, 0.05) is 72.7 Å². The van der Waals surface area contributed by atoms with E-state index >= 15 is 0 Å². The molecule has 12 rings (SSSR count). The second kappa shape index (κ2) is 113. The minimum absolute atomic E-state index is 0. The highest BCUT2D eigenvalue weighted by molar-refractivity contribution is 9.13. The van der Waals surface area contributed by atoms with E-state index in [1.165, 1.54) is 101 Å². The SMILES string of the molecule is Brc1cscc1-c1ccccc1.Brc1cscc1-c1ccccc1.Brc1cscc1Br.C.C.C.C.C.C.C.C.CC.CC.CC.CC.CC.CC.CC.CC.CC.CC.CCC.CCC.CCC.CCC.Cc1cc(OCc2ccccc2)c(-c2cscc2-c2ccccc2)c(C)c1C.Cc1cc(OCc2ccccc2)c(B(O)O)c(C)c1C.OB(O)c1ccccc1.